The van der Waals surface area contributed by atoms with E-state index in [1.807, 2.05) is 12.1 Å². The molecule has 3 heteroatoms. The number of hydrogen-bond acceptors (Lipinski definition) is 2. The quantitative estimate of drug-likeness (QED) is 0.777. The highest BCUT2D eigenvalue weighted by Crippen LogP contribution is 2.20. The summed E-state index contributed by atoms with van der Waals surface area (Å²) in [4.78, 5) is 4.08. The van der Waals surface area contributed by atoms with Crippen molar-refractivity contribution in [2.75, 3.05) is 0 Å². The van der Waals surface area contributed by atoms with E-state index in [0.29, 0.717) is 11.2 Å². The van der Waals surface area contributed by atoms with Crippen molar-refractivity contribution in [1.82, 2.24) is 10.3 Å². The predicted molar refractivity (Wildman–Crippen MR) is 65.2 cm³/mol. The molecule has 0 radical (unpaired) electrons. The van der Waals surface area contributed by atoms with Gasteiger partial charge in [-0.25, -0.2) is 4.98 Å². The van der Waals surface area contributed by atoms with Gasteiger partial charge in [0.25, 0.3) is 0 Å². The Balaban J connectivity index is 2.61. The fraction of sp³-hybridized carbons (Fsp3) is 0.583. The Bertz CT molecular complexity index is 301. The third-order valence-electron chi connectivity index (χ3n) is 2.51. The van der Waals surface area contributed by atoms with E-state index in [9.17, 15) is 0 Å². The number of pyridine rings is 1. The second kappa shape index (κ2) is 6.09. The first-order valence-corrected chi connectivity index (χ1v) is 5.89. The lowest BCUT2D eigenvalue weighted by Gasteiger charge is -2.20. The van der Waals surface area contributed by atoms with Crippen molar-refractivity contribution < 1.29 is 0 Å². The van der Waals surface area contributed by atoms with Crippen LogP contribution in [0.5, 0.6) is 0 Å². The molecule has 2 unspecified atom stereocenters. The van der Waals surface area contributed by atoms with Crippen LogP contribution < -0.4 is 5.32 Å². The van der Waals surface area contributed by atoms with Gasteiger partial charge < -0.3 is 5.32 Å². The molecule has 0 fully saturated rings. The maximum Gasteiger partial charge on any atom is 0.133 e. The van der Waals surface area contributed by atoms with Crippen LogP contribution >= 0.6 is 11.6 Å². The Morgan fingerprint density at radius 3 is 2.80 bits per heavy atom. The van der Waals surface area contributed by atoms with Crippen LogP contribution in [0.2, 0.25) is 5.15 Å². The topological polar surface area (TPSA) is 24.9 Å². The lowest BCUT2D eigenvalue weighted by molar-refractivity contribution is 0.452. The fourth-order valence-corrected chi connectivity index (χ4v) is 2.04. The molecule has 2 nitrogen and oxygen atoms in total. The Kier molecular flexibility index (Phi) is 5.06. The molecule has 1 rings (SSSR count). The molecule has 0 saturated carbocycles. The molecule has 0 spiro atoms. The molecular weight excluding hydrogens is 208 g/mol. The van der Waals surface area contributed by atoms with Gasteiger partial charge in [-0.3, -0.25) is 0 Å². The first-order chi connectivity index (χ1) is 7.15. The molecule has 1 aromatic heterocycles. The predicted octanol–water partition coefficient (Wildman–Crippen LogP) is 3.57. The van der Waals surface area contributed by atoms with Gasteiger partial charge in [0.15, 0.2) is 0 Å². The molecule has 0 aliphatic carbocycles. The number of hydrogen-bond donors (Lipinski definition) is 1. The van der Waals surface area contributed by atoms with Crippen molar-refractivity contribution >= 4 is 11.6 Å². The van der Waals surface area contributed by atoms with E-state index in [0.717, 1.165) is 5.56 Å². The lowest BCUT2D eigenvalue weighted by Crippen LogP contribution is -2.28. The highest BCUT2D eigenvalue weighted by molar-refractivity contribution is 6.30. The molecule has 0 amide bonds. The zero-order valence-corrected chi connectivity index (χ0v) is 10.4. The van der Waals surface area contributed by atoms with Crippen molar-refractivity contribution in [1.29, 1.82) is 0 Å². The van der Waals surface area contributed by atoms with Crippen LogP contribution in [0, 0.1) is 0 Å². The van der Waals surface area contributed by atoms with Gasteiger partial charge in [0.05, 0.1) is 0 Å². The van der Waals surface area contributed by atoms with Crippen LogP contribution in [0.4, 0.5) is 0 Å². The molecular formula is C12H19ClN2. The standard InChI is InChI=1S/C12H19ClN2/c1-4-6-9(2)15-10(3)11-7-5-8-14-12(11)13/h5,7-10,15H,4,6H2,1-3H3. The van der Waals surface area contributed by atoms with Crippen LogP contribution in [-0.4, -0.2) is 11.0 Å². The average molecular weight is 227 g/mol. The number of rotatable bonds is 5. The summed E-state index contributed by atoms with van der Waals surface area (Å²) in [6.07, 6.45) is 4.10. The minimum atomic E-state index is 0.257. The van der Waals surface area contributed by atoms with Crippen LogP contribution in [0.1, 0.15) is 45.2 Å². The third kappa shape index (κ3) is 3.80. The van der Waals surface area contributed by atoms with Gasteiger partial charge in [-0.15, -0.1) is 0 Å². The SMILES string of the molecule is CCCC(C)NC(C)c1cccnc1Cl. The molecule has 0 aromatic carbocycles. The summed E-state index contributed by atoms with van der Waals surface area (Å²) in [6.45, 7) is 6.51. The molecule has 1 N–H and O–H groups in total. The molecule has 0 bridgehead atoms. The minimum Gasteiger partial charge on any atom is -0.308 e. The van der Waals surface area contributed by atoms with Crippen LogP contribution in [-0.2, 0) is 0 Å². The van der Waals surface area contributed by atoms with Gasteiger partial charge in [-0.05, 0) is 26.3 Å². The Hall–Kier alpha value is -0.600. The molecule has 2 atom stereocenters. The summed E-state index contributed by atoms with van der Waals surface area (Å²) < 4.78 is 0. The second-order valence-corrected chi connectivity index (χ2v) is 4.32. The van der Waals surface area contributed by atoms with E-state index in [1.54, 1.807) is 6.20 Å². The zero-order valence-electron chi connectivity index (χ0n) is 9.63. The molecule has 1 heterocycles. The molecule has 15 heavy (non-hydrogen) atoms. The molecule has 0 aliphatic heterocycles. The van der Waals surface area contributed by atoms with Gasteiger partial charge in [0, 0.05) is 23.8 Å². The van der Waals surface area contributed by atoms with Crippen LogP contribution in [0.25, 0.3) is 0 Å². The number of nitrogens with zero attached hydrogens (tertiary/aromatic N) is 1. The lowest BCUT2D eigenvalue weighted by atomic mass is 10.1. The number of aromatic nitrogens is 1. The normalized spacial score (nSPS) is 14.9. The zero-order chi connectivity index (χ0) is 11.3. The van der Waals surface area contributed by atoms with Gasteiger partial charge >= 0.3 is 0 Å². The van der Waals surface area contributed by atoms with E-state index >= 15 is 0 Å². The molecule has 0 saturated heterocycles. The summed E-state index contributed by atoms with van der Waals surface area (Å²) in [6, 6.07) is 4.71. The second-order valence-electron chi connectivity index (χ2n) is 3.96. The Morgan fingerprint density at radius 1 is 1.47 bits per heavy atom. The first kappa shape index (κ1) is 12.5. The van der Waals surface area contributed by atoms with Crippen molar-refractivity contribution in [2.24, 2.45) is 0 Å². The Labute approximate surface area is 97.1 Å². The highest BCUT2D eigenvalue weighted by Gasteiger charge is 2.11. The van der Waals surface area contributed by atoms with Crippen LogP contribution in [0.3, 0.4) is 0 Å². The van der Waals surface area contributed by atoms with Crippen LogP contribution in [0.15, 0.2) is 18.3 Å². The van der Waals surface area contributed by atoms with E-state index in [-0.39, 0.29) is 6.04 Å². The maximum atomic E-state index is 6.03. The fourth-order valence-electron chi connectivity index (χ4n) is 1.75. The van der Waals surface area contributed by atoms with Crippen molar-refractivity contribution in [3.05, 3.63) is 29.0 Å². The van der Waals surface area contributed by atoms with Gasteiger partial charge in [-0.2, -0.15) is 0 Å². The summed E-state index contributed by atoms with van der Waals surface area (Å²) in [5.74, 6) is 0. The van der Waals surface area contributed by atoms with Gasteiger partial charge in [0.1, 0.15) is 5.15 Å². The summed E-state index contributed by atoms with van der Waals surface area (Å²) in [5.41, 5.74) is 1.07. The van der Waals surface area contributed by atoms with E-state index in [1.165, 1.54) is 12.8 Å². The van der Waals surface area contributed by atoms with Crippen molar-refractivity contribution in [2.45, 2.75) is 45.7 Å². The smallest absolute Gasteiger partial charge is 0.133 e. The molecule has 84 valence electrons. The third-order valence-corrected chi connectivity index (χ3v) is 2.83. The Morgan fingerprint density at radius 2 is 2.20 bits per heavy atom. The molecule has 1 aromatic rings. The average Bonchev–Trinajstić information content (AvgIpc) is 2.18. The van der Waals surface area contributed by atoms with Crippen molar-refractivity contribution in [3.8, 4) is 0 Å². The number of nitrogens with one attached hydrogen (secondary N) is 1. The largest absolute Gasteiger partial charge is 0.308 e. The van der Waals surface area contributed by atoms with Gasteiger partial charge in [-0.1, -0.05) is 31.0 Å². The van der Waals surface area contributed by atoms with Crippen molar-refractivity contribution in [3.63, 3.8) is 0 Å². The molecule has 0 aliphatic rings. The summed E-state index contributed by atoms with van der Waals surface area (Å²) >= 11 is 6.03. The van der Waals surface area contributed by atoms with E-state index in [2.05, 4.69) is 31.1 Å². The van der Waals surface area contributed by atoms with E-state index < -0.39 is 0 Å². The minimum absolute atomic E-state index is 0.257. The maximum absolute atomic E-state index is 6.03. The monoisotopic (exact) mass is 226 g/mol. The van der Waals surface area contributed by atoms with Gasteiger partial charge in [0.2, 0.25) is 0 Å². The summed E-state index contributed by atoms with van der Waals surface area (Å²) in [7, 11) is 0. The number of halogens is 1. The summed E-state index contributed by atoms with van der Waals surface area (Å²) in [5, 5.41) is 4.11. The first-order valence-electron chi connectivity index (χ1n) is 5.51. The van der Waals surface area contributed by atoms with E-state index in [4.69, 9.17) is 11.6 Å². The highest BCUT2D eigenvalue weighted by atomic mass is 35.5.